The molecule has 1 aromatic carbocycles. The molecule has 1 amide bonds. The first kappa shape index (κ1) is 27.1. The quantitative estimate of drug-likeness (QED) is 0.284. The summed E-state index contributed by atoms with van der Waals surface area (Å²) in [5.74, 6) is -0.217. The van der Waals surface area contributed by atoms with Crippen molar-refractivity contribution < 1.29 is 15.3 Å². The van der Waals surface area contributed by atoms with Gasteiger partial charge in [-0.15, -0.1) is 0 Å². The van der Waals surface area contributed by atoms with Crippen molar-refractivity contribution in [1.29, 1.82) is 0 Å². The molecule has 13 heteroatoms. The van der Waals surface area contributed by atoms with Crippen LogP contribution in [0.3, 0.4) is 0 Å². The van der Waals surface area contributed by atoms with E-state index in [1.807, 2.05) is 0 Å². The van der Waals surface area contributed by atoms with Crippen LogP contribution >= 0.6 is 23.4 Å². The van der Waals surface area contributed by atoms with Crippen molar-refractivity contribution in [3.05, 3.63) is 74.4 Å². The van der Waals surface area contributed by atoms with Crippen molar-refractivity contribution in [2.75, 3.05) is 18.4 Å². The van der Waals surface area contributed by atoms with E-state index in [0.29, 0.717) is 26.6 Å². The molecule has 2 saturated carbocycles. The fourth-order valence-corrected chi connectivity index (χ4v) is 8.20. The van der Waals surface area contributed by atoms with Crippen LogP contribution in [0.1, 0.15) is 55.3 Å². The fraction of sp³-hybridized carbons (Fsp3) is 0.379. The molecule has 7 N–H and O–H groups in total. The molecule has 0 bridgehead atoms. The van der Waals surface area contributed by atoms with Gasteiger partial charge in [-0.1, -0.05) is 30.2 Å². The molecule has 3 fully saturated rings. The number of fused-ring (bicyclic) bond motifs is 2. The number of guanidine groups is 1. The van der Waals surface area contributed by atoms with Gasteiger partial charge in [-0.3, -0.25) is 14.0 Å². The molecule has 42 heavy (non-hydrogen) atoms. The first-order valence-electron chi connectivity index (χ1n) is 14.2. The van der Waals surface area contributed by atoms with Crippen LogP contribution in [0.2, 0.25) is 5.02 Å². The van der Waals surface area contributed by atoms with E-state index in [4.69, 9.17) is 22.4 Å². The van der Waals surface area contributed by atoms with Crippen LogP contribution in [0, 0.1) is 10.8 Å². The molecular formula is C29H32ClN8O3S+. The number of pyridine rings is 1. The number of amides is 1. The third-order valence-corrected chi connectivity index (χ3v) is 11.1. The van der Waals surface area contributed by atoms with Crippen LogP contribution in [-0.2, 0) is 0 Å². The number of nitrogens with two attached hydrogens (primary N) is 2. The first-order valence-corrected chi connectivity index (χ1v) is 15.4. The first-order chi connectivity index (χ1) is 20.3. The lowest BCUT2D eigenvalue weighted by Gasteiger charge is -2.44. The summed E-state index contributed by atoms with van der Waals surface area (Å²) in [7, 11) is 0. The monoisotopic (exact) mass is 607 g/mol. The topological polar surface area (TPSA) is 154 Å². The molecule has 2 aliphatic heterocycles. The summed E-state index contributed by atoms with van der Waals surface area (Å²) in [5, 5.41) is 21.9. The maximum absolute atomic E-state index is 13.1. The molecule has 7 rings (SSSR count). The van der Waals surface area contributed by atoms with Crippen LogP contribution in [0.25, 0.3) is 5.65 Å². The Kier molecular flexibility index (Phi) is 6.59. The van der Waals surface area contributed by atoms with Crippen molar-refractivity contribution in [3.63, 3.8) is 0 Å². The van der Waals surface area contributed by atoms with Crippen molar-refractivity contribution in [1.82, 2.24) is 19.6 Å². The lowest BCUT2D eigenvalue weighted by Crippen LogP contribution is -2.80. The normalized spacial score (nSPS) is 20.6. The predicted molar refractivity (Wildman–Crippen MR) is 161 cm³/mol. The second kappa shape index (κ2) is 10.2. The van der Waals surface area contributed by atoms with Gasteiger partial charge < -0.3 is 26.4 Å². The molecule has 0 radical (unpaired) electrons. The number of carbonyl (C=O) groups excluding carboxylic acids is 1. The van der Waals surface area contributed by atoms with Gasteiger partial charge in [-0.2, -0.15) is 10.4 Å². The van der Waals surface area contributed by atoms with Crippen LogP contribution in [0.5, 0.6) is 5.88 Å². The predicted octanol–water partition coefficient (Wildman–Crippen LogP) is 2.97. The zero-order valence-corrected chi connectivity index (χ0v) is 24.5. The van der Waals surface area contributed by atoms with E-state index in [-0.39, 0.29) is 16.4 Å². The highest BCUT2D eigenvalue weighted by molar-refractivity contribution is 8.03. The van der Waals surface area contributed by atoms with Gasteiger partial charge >= 0.3 is 0 Å². The van der Waals surface area contributed by atoms with Crippen molar-refractivity contribution in [3.8, 4) is 5.88 Å². The second-order valence-electron chi connectivity index (χ2n) is 11.6. The Morgan fingerprint density at radius 2 is 1.86 bits per heavy atom. The minimum atomic E-state index is -0.820. The summed E-state index contributed by atoms with van der Waals surface area (Å²) in [5.41, 5.74) is 8.68. The third kappa shape index (κ3) is 4.48. The van der Waals surface area contributed by atoms with Gasteiger partial charge in [0.25, 0.3) is 17.4 Å². The number of likely N-dealkylation sites (tertiary alicyclic amines) is 1. The average molecular weight is 608 g/mol. The molecule has 0 unspecified atom stereocenters. The van der Waals surface area contributed by atoms with Gasteiger partial charge in [-0.25, -0.2) is 0 Å². The average Bonchev–Trinajstić information content (AvgIpc) is 3.70. The smallest absolute Gasteiger partial charge is 0.274 e. The minimum Gasteiger partial charge on any atom is -0.493 e. The Labute approximate surface area is 251 Å². The van der Waals surface area contributed by atoms with Gasteiger partial charge in [0.2, 0.25) is 10.9 Å². The molecule has 4 aliphatic rings. The number of nitrogens with zero attached hydrogens (tertiary/aromatic N) is 4. The number of aromatic hydroxyl groups is 1. The number of quaternary nitrogens is 1. The molecular weight excluding hydrogens is 576 g/mol. The van der Waals surface area contributed by atoms with Gasteiger partial charge in [0.1, 0.15) is 5.65 Å². The number of piperidine rings is 1. The SMILES string of the molecule is NC1=C(Sc2cccc(NC(=O)c3c(O)nc4ccccn4c3=O)c2Cl)[NH2+]N=C(N2CCC3(CCCC34CC4)CC2)N1. The van der Waals surface area contributed by atoms with Crippen molar-refractivity contribution in [2.24, 2.45) is 21.7 Å². The van der Waals surface area contributed by atoms with Gasteiger partial charge in [0.15, 0.2) is 11.4 Å². The van der Waals surface area contributed by atoms with E-state index in [2.05, 4.69) is 20.5 Å². The van der Waals surface area contributed by atoms with Gasteiger partial charge in [-0.05, 0) is 90.5 Å². The second-order valence-corrected chi connectivity index (χ2v) is 13.1. The van der Waals surface area contributed by atoms with Gasteiger partial charge in [0, 0.05) is 24.2 Å². The highest BCUT2D eigenvalue weighted by Gasteiger charge is 2.61. The number of anilines is 1. The van der Waals surface area contributed by atoms with Gasteiger partial charge in [0.05, 0.1) is 10.7 Å². The van der Waals surface area contributed by atoms with Crippen LogP contribution in [-0.4, -0.2) is 44.3 Å². The number of hydrogen-bond acceptors (Lipinski definition) is 9. The number of hydrogen-bond donors (Lipinski definition) is 5. The number of rotatable bonds is 4. The third-order valence-electron chi connectivity index (χ3n) is 9.50. The largest absolute Gasteiger partial charge is 0.493 e. The summed E-state index contributed by atoms with van der Waals surface area (Å²) >= 11 is 8.00. The minimum absolute atomic E-state index is 0.228. The van der Waals surface area contributed by atoms with E-state index < -0.39 is 22.9 Å². The number of nitrogens with one attached hydrogen (secondary N) is 2. The van der Waals surface area contributed by atoms with E-state index in [1.54, 1.807) is 41.8 Å². The molecule has 2 aliphatic carbocycles. The summed E-state index contributed by atoms with van der Waals surface area (Å²) in [6, 6.07) is 10.0. The van der Waals surface area contributed by atoms with Crippen LogP contribution in [0.15, 0.2) is 68.2 Å². The number of halogens is 1. The summed E-state index contributed by atoms with van der Waals surface area (Å²) in [4.78, 5) is 32.8. The standard InChI is InChI=1S/C29H31ClN8O3S/c30-21-17(32-23(39)20-24(40)33-19-7-1-2-14-38(19)26(20)41)5-3-6-18(21)42-25-22(31)34-27(36-35-25)37-15-12-29(13-16-37)9-4-8-28(29)10-11-28/h1-3,5-7,14,35,40H,4,8-13,15-16,31H2,(H,32,39)(H,34,36)/p+1. The van der Waals surface area contributed by atoms with E-state index in [0.717, 1.165) is 19.0 Å². The Bertz CT molecular complexity index is 1730. The number of benzene rings is 1. The molecule has 1 saturated heterocycles. The Morgan fingerprint density at radius 3 is 2.60 bits per heavy atom. The lowest BCUT2D eigenvalue weighted by atomic mass is 9.68. The summed E-state index contributed by atoms with van der Waals surface area (Å²) in [6.07, 6.45) is 10.9. The maximum atomic E-state index is 13.1. The van der Waals surface area contributed by atoms with E-state index in [9.17, 15) is 14.7 Å². The molecule has 2 spiro atoms. The van der Waals surface area contributed by atoms with Crippen LogP contribution < -0.4 is 27.4 Å². The maximum Gasteiger partial charge on any atom is 0.274 e. The molecule has 2 aromatic heterocycles. The molecule has 11 nitrogen and oxygen atoms in total. The number of aromatic nitrogens is 2. The Hall–Kier alpha value is -3.74. The molecule has 218 valence electrons. The summed E-state index contributed by atoms with van der Waals surface area (Å²) < 4.78 is 1.19. The Morgan fingerprint density at radius 1 is 1.10 bits per heavy atom. The van der Waals surface area contributed by atoms with Crippen molar-refractivity contribution >= 4 is 46.6 Å². The highest BCUT2D eigenvalue weighted by Crippen LogP contribution is 2.71. The summed E-state index contributed by atoms with van der Waals surface area (Å²) in [6.45, 7) is 1.97. The van der Waals surface area contributed by atoms with E-state index >= 15 is 0 Å². The fourth-order valence-electron chi connectivity index (χ4n) is 7.06. The van der Waals surface area contributed by atoms with E-state index in [1.165, 1.54) is 67.3 Å². The van der Waals surface area contributed by atoms with Crippen molar-refractivity contribution in [2.45, 2.75) is 49.8 Å². The number of carbonyl (C=O) groups is 1. The zero-order chi connectivity index (χ0) is 29.1. The molecule has 4 heterocycles. The number of thioether (sulfide) groups is 1. The Balaban J connectivity index is 1.03. The zero-order valence-electron chi connectivity index (χ0n) is 22.9. The van der Waals surface area contributed by atoms with Crippen LogP contribution in [0.4, 0.5) is 5.69 Å². The highest BCUT2D eigenvalue weighted by atomic mass is 35.5. The lowest BCUT2D eigenvalue weighted by molar-refractivity contribution is -0.604. The molecule has 3 aromatic rings. The molecule has 0 atom stereocenters.